The highest BCUT2D eigenvalue weighted by molar-refractivity contribution is 5.95. The fourth-order valence-corrected chi connectivity index (χ4v) is 2.75. The van der Waals surface area contributed by atoms with E-state index >= 15 is 0 Å². The summed E-state index contributed by atoms with van der Waals surface area (Å²) in [6, 6.07) is 16.4. The molecule has 2 aromatic rings. The Balaban J connectivity index is 2.36. The molecule has 0 radical (unpaired) electrons. The molecule has 24 heavy (non-hydrogen) atoms. The summed E-state index contributed by atoms with van der Waals surface area (Å²) < 4.78 is 0. The van der Waals surface area contributed by atoms with Crippen molar-refractivity contribution in [3.63, 3.8) is 0 Å². The standard InChI is InChI=1S/C21H29N3/c1-20(2,3)15-11-7-9-13-17(15)23-19(22)24-18-14-10-8-12-16(18)21(4,5)6/h7-14H,1-6H3,(H3,22,23,24). The number of rotatable bonds is 2. The minimum atomic E-state index is 0.0175. The minimum Gasteiger partial charge on any atom is -0.369 e. The van der Waals surface area contributed by atoms with Crippen LogP contribution in [0.3, 0.4) is 0 Å². The first kappa shape index (κ1) is 18.1. The van der Waals surface area contributed by atoms with Crippen molar-refractivity contribution in [1.29, 1.82) is 0 Å². The molecule has 2 aromatic carbocycles. The van der Waals surface area contributed by atoms with Gasteiger partial charge in [0.15, 0.2) is 5.96 Å². The summed E-state index contributed by atoms with van der Waals surface area (Å²) in [7, 11) is 0. The lowest BCUT2D eigenvalue weighted by Gasteiger charge is -2.23. The molecule has 2 rings (SSSR count). The number of nitrogens with zero attached hydrogens (tertiary/aromatic N) is 1. The van der Waals surface area contributed by atoms with E-state index in [1.54, 1.807) is 0 Å². The summed E-state index contributed by atoms with van der Waals surface area (Å²) in [4.78, 5) is 4.63. The van der Waals surface area contributed by atoms with Crippen LogP contribution in [0.2, 0.25) is 0 Å². The van der Waals surface area contributed by atoms with Gasteiger partial charge in [-0.25, -0.2) is 4.99 Å². The topological polar surface area (TPSA) is 50.4 Å². The summed E-state index contributed by atoms with van der Waals surface area (Å²) in [5.74, 6) is 0.406. The van der Waals surface area contributed by atoms with Crippen molar-refractivity contribution >= 4 is 17.3 Å². The molecule has 0 spiro atoms. The molecule has 0 heterocycles. The van der Waals surface area contributed by atoms with Gasteiger partial charge < -0.3 is 11.1 Å². The third kappa shape index (κ3) is 4.38. The molecule has 3 heteroatoms. The first-order chi connectivity index (χ1) is 11.1. The van der Waals surface area contributed by atoms with Crippen LogP contribution in [0.25, 0.3) is 0 Å². The summed E-state index contributed by atoms with van der Waals surface area (Å²) in [6.07, 6.45) is 0. The highest BCUT2D eigenvalue weighted by atomic mass is 15.1. The van der Waals surface area contributed by atoms with Crippen molar-refractivity contribution in [2.45, 2.75) is 52.4 Å². The number of guanidine groups is 1. The van der Waals surface area contributed by atoms with Crippen LogP contribution < -0.4 is 11.1 Å². The van der Waals surface area contributed by atoms with Gasteiger partial charge in [0.1, 0.15) is 0 Å². The molecular formula is C21H29N3. The highest BCUT2D eigenvalue weighted by Gasteiger charge is 2.19. The average Bonchev–Trinajstić information content (AvgIpc) is 2.46. The lowest BCUT2D eigenvalue weighted by molar-refractivity contribution is 0.591. The lowest BCUT2D eigenvalue weighted by atomic mass is 9.86. The van der Waals surface area contributed by atoms with Gasteiger partial charge in [-0.15, -0.1) is 0 Å². The zero-order valence-electron chi connectivity index (χ0n) is 15.6. The van der Waals surface area contributed by atoms with E-state index in [0.717, 1.165) is 11.4 Å². The first-order valence-electron chi connectivity index (χ1n) is 8.39. The molecule has 0 aliphatic carbocycles. The zero-order valence-corrected chi connectivity index (χ0v) is 15.6. The molecule has 3 nitrogen and oxygen atoms in total. The van der Waals surface area contributed by atoms with E-state index in [-0.39, 0.29) is 10.8 Å². The maximum atomic E-state index is 6.20. The summed E-state index contributed by atoms with van der Waals surface area (Å²) in [5.41, 5.74) is 10.6. The number of aliphatic imine (C=N–C) groups is 1. The number of hydrogen-bond donors (Lipinski definition) is 2. The van der Waals surface area contributed by atoms with Crippen molar-refractivity contribution in [1.82, 2.24) is 0 Å². The molecule has 3 N–H and O–H groups in total. The van der Waals surface area contributed by atoms with Crippen LogP contribution in [-0.4, -0.2) is 5.96 Å². The third-order valence-corrected chi connectivity index (χ3v) is 3.95. The maximum Gasteiger partial charge on any atom is 0.198 e. The van der Waals surface area contributed by atoms with Gasteiger partial charge in [-0.1, -0.05) is 77.9 Å². The van der Waals surface area contributed by atoms with E-state index in [9.17, 15) is 0 Å². The number of nitrogens with one attached hydrogen (secondary N) is 1. The second-order valence-corrected chi connectivity index (χ2v) is 8.18. The van der Waals surface area contributed by atoms with E-state index in [0.29, 0.717) is 5.96 Å². The fourth-order valence-electron chi connectivity index (χ4n) is 2.75. The van der Waals surface area contributed by atoms with Gasteiger partial charge >= 0.3 is 0 Å². The van der Waals surface area contributed by atoms with Gasteiger partial charge in [0.2, 0.25) is 0 Å². The van der Waals surface area contributed by atoms with Crippen molar-refractivity contribution in [2.24, 2.45) is 10.7 Å². The quantitative estimate of drug-likeness (QED) is 0.579. The zero-order chi connectivity index (χ0) is 18.0. The van der Waals surface area contributed by atoms with Crippen molar-refractivity contribution in [3.8, 4) is 0 Å². The monoisotopic (exact) mass is 323 g/mol. The number of para-hydroxylation sites is 2. The van der Waals surface area contributed by atoms with Crippen LogP contribution in [0.5, 0.6) is 0 Å². The van der Waals surface area contributed by atoms with Crippen molar-refractivity contribution < 1.29 is 0 Å². The van der Waals surface area contributed by atoms with Crippen LogP contribution >= 0.6 is 0 Å². The summed E-state index contributed by atoms with van der Waals surface area (Å²) in [6.45, 7) is 13.1. The molecule has 0 saturated heterocycles. The molecule has 0 atom stereocenters. The molecular weight excluding hydrogens is 294 g/mol. The second kappa shape index (κ2) is 6.68. The number of nitrogens with two attached hydrogens (primary N) is 1. The highest BCUT2D eigenvalue weighted by Crippen LogP contribution is 2.32. The molecule has 0 unspecified atom stereocenters. The van der Waals surface area contributed by atoms with Gasteiger partial charge in [-0.3, -0.25) is 0 Å². The third-order valence-electron chi connectivity index (χ3n) is 3.95. The number of benzene rings is 2. The Morgan fingerprint density at radius 2 is 1.29 bits per heavy atom. The van der Waals surface area contributed by atoms with E-state index in [4.69, 9.17) is 5.73 Å². The van der Waals surface area contributed by atoms with Crippen molar-refractivity contribution in [3.05, 3.63) is 59.7 Å². The minimum absolute atomic E-state index is 0.0175. The Labute approximate surface area is 146 Å². The van der Waals surface area contributed by atoms with E-state index < -0.39 is 0 Å². The SMILES string of the molecule is CC(C)(C)c1ccccc1N=C(N)Nc1ccccc1C(C)(C)C. The largest absolute Gasteiger partial charge is 0.369 e. The van der Waals surface area contributed by atoms with Gasteiger partial charge in [0.25, 0.3) is 0 Å². The van der Waals surface area contributed by atoms with Crippen LogP contribution in [0, 0.1) is 0 Å². The smallest absolute Gasteiger partial charge is 0.198 e. The average molecular weight is 323 g/mol. The normalized spacial score (nSPS) is 13.0. The second-order valence-electron chi connectivity index (χ2n) is 8.18. The summed E-state index contributed by atoms with van der Waals surface area (Å²) >= 11 is 0. The Kier molecular flexibility index (Phi) is 5.02. The Hall–Kier alpha value is -2.29. The molecule has 0 amide bonds. The molecule has 128 valence electrons. The van der Waals surface area contributed by atoms with Crippen LogP contribution in [0.1, 0.15) is 52.7 Å². The van der Waals surface area contributed by atoms with Gasteiger partial charge in [-0.2, -0.15) is 0 Å². The Morgan fingerprint density at radius 1 is 0.792 bits per heavy atom. The first-order valence-corrected chi connectivity index (χ1v) is 8.39. The van der Waals surface area contributed by atoms with Crippen LogP contribution in [0.15, 0.2) is 53.5 Å². The Morgan fingerprint density at radius 3 is 1.88 bits per heavy atom. The van der Waals surface area contributed by atoms with Crippen LogP contribution in [0.4, 0.5) is 11.4 Å². The Bertz CT molecular complexity index is 731. The van der Waals surface area contributed by atoms with Gasteiger partial charge in [-0.05, 0) is 34.1 Å². The van der Waals surface area contributed by atoms with Gasteiger partial charge in [0, 0.05) is 5.69 Å². The van der Waals surface area contributed by atoms with E-state index in [2.05, 4.69) is 64.0 Å². The predicted octanol–water partition coefficient (Wildman–Crippen LogP) is 5.34. The number of hydrogen-bond acceptors (Lipinski definition) is 1. The number of anilines is 1. The van der Waals surface area contributed by atoms with E-state index in [1.807, 2.05) is 36.4 Å². The summed E-state index contributed by atoms with van der Waals surface area (Å²) in [5, 5.41) is 3.27. The van der Waals surface area contributed by atoms with Crippen LogP contribution in [-0.2, 0) is 10.8 Å². The molecule has 0 aliphatic rings. The van der Waals surface area contributed by atoms with E-state index in [1.165, 1.54) is 11.1 Å². The predicted molar refractivity (Wildman–Crippen MR) is 105 cm³/mol. The molecule has 0 aromatic heterocycles. The molecule has 0 bridgehead atoms. The lowest BCUT2D eigenvalue weighted by Crippen LogP contribution is -2.25. The maximum absolute atomic E-state index is 6.20. The fraction of sp³-hybridized carbons (Fsp3) is 0.381. The molecule has 0 aliphatic heterocycles. The van der Waals surface area contributed by atoms with Gasteiger partial charge in [0.05, 0.1) is 5.69 Å². The van der Waals surface area contributed by atoms with Crippen molar-refractivity contribution in [2.75, 3.05) is 5.32 Å². The molecule has 0 saturated carbocycles. The molecule has 0 fully saturated rings.